The zero-order valence-corrected chi connectivity index (χ0v) is 15.5. The average molecular weight is 350 g/mol. The third-order valence-corrected chi connectivity index (χ3v) is 4.65. The van der Waals surface area contributed by atoms with Crippen molar-refractivity contribution < 1.29 is 24.7 Å². The Morgan fingerprint density at radius 3 is 2.48 bits per heavy atom. The monoisotopic (exact) mass is 350 g/mol. The quantitative estimate of drug-likeness (QED) is 0.677. The number of nitrogens with zero attached hydrogens (tertiary/aromatic N) is 1. The van der Waals surface area contributed by atoms with E-state index in [2.05, 4.69) is 31.4 Å². The molecule has 2 N–H and O–H groups in total. The molecule has 0 aliphatic carbocycles. The fourth-order valence-corrected chi connectivity index (χ4v) is 3.23. The molecule has 2 rings (SSSR count). The van der Waals surface area contributed by atoms with Crippen LogP contribution in [0.25, 0.3) is 0 Å². The number of aryl methyl sites for hydroxylation is 2. The molecule has 6 heteroatoms. The third-order valence-electron chi connectivity index (χ3n) is 4.65. The molecule has 0 saturated heterocycles. The largest absolute Gasteiger partial charge is 0.545 e. The first-order chi connectivity index (χ1) is 11.9. The molecule has 0 bridgehead atoms. The number of fused-ring (bicyclic) bond motifs is 1. The molecule has 0 atom stereocenters. The zero-order valence-electron chi connectivity index (χ0n) is 15.5. The van der Waals surface area contributed by atoms with Gasteiger partial charge in [-0.25, -0.2) is 4.79 Å². The van der Waals surface area contributed by atoms with Crippen molar-refractivity contribution in [2.75, 3.05) is 19.6 Å². The lowest BCUT2D eigenvalue weighted by molar-refractivity contribution is -0.896. The molecule has 140 valence electrons. The first kappa shape index (κ1) is 21.0. The van der Waals surface area contributed by atoms with E-state index < -0.39 is 11.9 Å². The van der Waals surface area contributed by atoms with Crippen LogP contribution >= 0.6 is 0 Å². The van der Waals surface area contributed by atoms with Gasteiger partial charge in [0.15, 0.2) is 0 Å². The van der Waals surface area contributed by atoms with Gasteiger partial charge in [-0.1, -0.05) is 0 Å². The van der Waals surface area contributed by atoms with E-state index in [9.17, 15) is 14.7 Å². The van der Waals surface area contributed by atoms with Crippen LogP contribution in [0.2, 0.25) is 0 Å². The molecule has 25 heavy (non-hydrogen) atoms. The number of carboxylic acid groups (broad SMARTS) is 2. The molecule has 2 heterocycles. The van der Waals surface area contributed by atoms with Crippen molar-refractivity contribution in [2.24, 2.45) is 0 Å². The fraction of sp³-hybridized carbons (Fsp3) is 0.579. The molecule has 1 aromatic heterocycles. The fourth-order valence-electron chi connectivity index (χ4n) is 3.23. The Labute approximate surface area is 149 Å². The van der Waals surface area contributed by atoms with E-state index in [-0.39, 0.29) is 0 Å². The molecule has 0 saturated carbocycles. The van der Waals surface area contributed by atoms with Crippen molar-refractivity contribution >= 4 is 11.9 Å². The summed E-state index contributed by atoms with van der Waals surface area (Å²) in [5.74, 6) is -2.80. The minimum atomic E-state index is -1.51. The number of hydrogen-bond donors (Lipinski definition) is 2. The second-order valence-corrected chi connectivity index (χ2v) is 6.32. The predicted molar refractivity (Wildman–Crippen MR) is 94.5 cm³/mol. The first-order valence-electron chi connectivity index (χ1n) is 9.02. The highest BCUT2D eigenvalue weighted by Crippen LogP contribution is 2.22. The summed E-state index contributed by atoms with van der Waals surface area (Å²) in [4.78, 5) is 20.7. The van der Waals surface area contributed by atoms with E-state index in [1.54, 1.807) is 16.3 Å². The second-order valence-electron chi connectivity index (χ2n) is 6.32. The number of nitrogens with one attached hydrogen (secondary N) is 1. The smallest absolute Gasteiger partial charge is 0.328 e. The number of likely N-dealkylation sites (N-methyl/N-ethyl adjacent to an activating group) is 1. The van der Waals surface area contributed by atoms with Crippen molar-refractivity contribution in [3.05, 3.63) is 35.2 Å². The molecule has 0 unspecified atom stereocenters. The maximum absolute atomic E-state index is 9.53. The SMILES string of the molecule is CC[NH+](CC)CCc1c(C)cc2n1CCCC2.O=C([O-])/C=C\C(=O)O. The summed E-state index contributed by atoms with van der Waals surface area (Å²) in [5, 5.41) is 17.2. The van der Waals surface area contributed by atoms with Crippen LogP contribution in [0.15, 0.2) is 18.2 Å². The average Bonchev–Trinajstić information content (AvgIpc) is 2.90. The number of carbonyl (C=O) groups excluding carboxylic acids is 1. The highest BCUT2D eigenvalue weighted by Gasteiger charge is 2.16. The van der Waals surface area contributed by atoms with Gasteiger partial charge in [-0.3, -0.25) is 0 Å². The molecular formula is C19H30N2O4. The Kier molecular flexibility index (Phi) is 8.99. The third kappa shape index (κ3) is 7.13. The summed E-state index contributed by atoms with van der Waals surface area (Å²) in [6, 6.07) is 2.42. The van der Waals surface area contributed by atoms with Crippen molar-refractivity contribution in [1.82, 2.24) is 4.57 Å². The van der Waals surface area contributed by atoms with Crippen molar-refractivity contribution in [2.45, 2.75) is 53.0 Å². The van der Waals surface area contributed by atoms with E-state index in [0.29, 0.717) is 12.2 Å². The zero-order chi connectivity index (χ0) is 18.8. The summed E-state index contributed by atoms with van der Waals surface area (Å²) < 4.78 is 2.60. The Hall–Kier alpha value is -2.08. The molecule has 6 nitrogen and oxygen atoms in total. The van der Waals surface area contributed by atoms with Gasteiger partial charge in [-0.15, -0.1) is 0 Å². The van der Waals surface area contributed by atoms with Crippen molar-refractivity contribution in [1.29, 1.82) is 0 Å². The van der Waals surface area contributed by atoms with Crippen LogP contribution in [-0.2, 0) is 29.0 Å². The van der Waals surface area contributed by atoms with Crippen LogP contribution in [0.3, 0.4) is 0 Å². The van der Waals surface area contributed by atoms with Crippen molar-refractivity contribution in [3.8, 4) is 0 Å². The second kappa shape index (κ2) is 10.7. The summed E-state index contributed by atoms with van der Waals surface area (Å²) in [6.07, 6.45) is 6.23. The summed E-state index contributed by atoms with van der Waals surface area (Å²) >= 11 is 0. The van der Waals surface area contributed by atoms with Gasteiger partial charge >= 0.3 is 5.97 Å². The van der Waals surface area contributed by atoms with Gasteiger partial charge < -0.3 is 24.5 Å². The number of carboxylic acids is 2. The van der Waals surface area contributed by atoms with E-state index in [4.69, 9.17) is 5.11 Å². The van der Waals surface area contributed by atoms with Crippen LogP contribution < -0.4 is 10.0 Å². The summed E-state index contributed by atoms with van der Waals surface area (Å²) in [5.41, 5.74) is 4.71. The molecule has 0 radical (unpaired) electrons. The minimum absolute atomic E-state index is 0.447. The standard InChI is InChI=1S/C15H26N2.C4H4O4/c1-4-16(5-2)11-9-15-13(3)12-14-8-6-7-10-17(14)15;5-3(6)1-2-4(7)8/h12H,4-11H2,1-3H3;1-2H,(H,5,6)(H,7,8)/b;2-1-. The van der Waals surface area contributed by atoms with Crippen LogP contribution in [0.1, 0.15) is 43.6 Å². The number of hydrogen-bond acceptors (Lipinski definition) is 3. The molecule has 0 fully saturated rings. The maximum Gasteiger partial charge on any atom is 0.328 e. The van der Waals surface area contributed by atoms with Crippen LogP contribution in [0.5, 0.6) is 0 Å². The molecule has 0 amide bonds. The van der Waals surface area contributed by atoms with Crippen LogP contribution in [0.4, 0.5) is 0 Å². The minimum Gasteiger partial charge on any atom is -0.545 e. The summed E-state index contributed by atoms with van der Waals surface area (Å²) in [6.45, 7) is 11.9. The number of quaternary nitrogens is 1. The number of rotatable bonds is 7. The molecule has 1 aromatic rings. The van der Waals surface area contributed by atoms with Gasteiger partial charge in [0, 0.05) is 30.4 Å². The predicted octanol–water partition coefficient (Wildman–Crippen LogP) is -0.0229. The maximum atomic E-state index is 9.53. The summed E-state index contributed by atoms with van der Waals surface area (Å²) in [7, 11) is 0. The molecule has 0 spiro atoms. The number of aliphatic carboxylic acids is 2. The van der Waals surface area contributed by atoms with E-state index in [0.717, 1.165) is 0 Å². The van der Waals surface area contributed by atoms with E-state index in [1.807, 2.05) is 0 Å². The van der Waals surface area contributed by atoms with E-state index >= 15 is 0 Å². The Bertz CT molecular complexity index is 585. The highest BCUT2D eigenvalue weighted by atomic mass is 16.4. The lowest BCUT2D eigenvalue weighted by Crippen LogP contribution is -3.11. The van der Waals surface area contributed by atoms with E-state index in [1.165, 1.54) is 57.4 Å². The number of carbonyl (C=O) groups is 2. The first-order valence-corrected chi connectivity index (χ1v) is 9.02. The molecule has 0 aromatic carbocycles. The molecular weight excluding hydrogens is 320 g/mol. The Morgan fingerprint density at radius 1 is 1.28 bits per heavy atom. The van der Waals surface area contributed by atoms with Gasteiger partial charge in [0.1, 0.15) is 0 Å². The van der Waals surface area contributed by atoms with Gasteiger partial charge in [-0.2, -0.15) is 0 Å². The van der Waals surface area contributed by atoms with Crippen LogP contribution in [-0.4, -0.2) is 41.2 Å². The molecule has 1 aliphatic heterocycles. The molecule has 1 aliphatic rings. The van der Waals surface area contributed by atoms with Gasteiger partial charge in [0.2, 0.25) is 0 Å². The number of aromatic nitrogens is 1. The van der Waals surface area contributed by atoms with Gasteiger partial charge in [0.05, 0.1) is 25.6 Å². The van der Waals surface area contributed by atoms with Crippen molar-refractivity contribution in [3.63, 3.8) is 0 Å². The lowest BCUT2D eigenvalue weighted by atomic mass is 10.1. The highest BCUT2D eigenvalue weighted by molar-refractivity contribution is 5.88. The normalized spacial score (nSPS) is 13.4. The lowest BCUT2D eigenvalue weighted by Gasteiger charge is -2.20. The van der Waals surface area contributed by atoms with Gasteiger partial charge in [0.25, 0.3) is 0 Å². The Morgan fingerprint density at radius 2 is 1.96 bits per heavy atom. The van der Waals surface area contributed by atoms with Crippen LogP contribution in [0, 0.1) is 6.92 Å². The Balaban J connectivity index is 0.000000333. The topological polar surface area (TPSA) is 86.8 Å². The van der Waals surface area contributed by atoms with Gasteiger partial charge in [-0.05, 0) is 57.7 Å².